The van der Waals surface area contributed by atoms with Gasteiger partial charge < -0.3 is 15.4 Å². The Labute approximate surface area is 130 Å². The number of carbonyl (C=O) groups is 1. The van der Waals surface area contributed by atoms with Crippen LogP contribution in [0.5, 0.6) is 0 Å². The number of nitrogens with one attached hydrogen (secondary N) is 2. The molecule has 1 aromatic carbocycles. The molecule has 4 unspecified atom stereocenters. The molecule has 0 bridgehead atoms. The van der Waals surface area contributed by atoms with Crippen LogP contribution >= 0.6 is 11.6 Å². The summed E-state index contributed by atoms with van der Waals surface area (Å²) < 4.78 is 5.53. The molecule has 114 valence electrons. The van der Waals surface area contributed by atoms with E-state index in [1.165, 1.54) is 0 Å². The van der Waals surface area contributed by atoms with Gasteiger partial charge >= 0.3 is 0 Å². The number of morpholine rings is 1. The van der Waals surface area contributed by atoms with Crippen LogP contribution in [0.2, 0.25) is 5.02 Å². The average molecular weight is 309 g/mol. The fourth-order valence-electron chi connectivity index (χ4n) is 2.90. The summed E-state index contributed by atoms with van der Waals surface area (Å²) >= 11 is 5.95. The molecule has 5 heteroatoms. The highest BCUT2D eigenvalue weighted by Crippen LogP contribution is 2.47. The van der Waals surface area contributed by atoms with Crippen LogP contribution in [0.1, 0.15) is 24.9 Å². The number of amides is 1. The van der Waals surface area contributed by atoms with Crippen LogP contribution in [-0.4, -0.2) is 31.7 Å². The van der Waals surface area contributed by atoms with E-state index < -0.39 is 0 Å². The lowest BCUT2D eigenvalue weighted by Gasteiger charge is -2.26. The monoisotopic (exact) mass is 308 g/mol. The maximum Gasteiger partial charge on any atom is 0.250 e. The highest BCUT2D eigenvalue weighted by Gasteiger charge is 2.41. The molecule has 1 saturated carbocycles. The topological polar surface area (TPSA) is 50.4 Å². The van der Waals surface area contributed by atoms with Crippen LogP contribution in [-0.2, 0) is 9.53 Å². The van der Waals surface area contributed by atoms with Crippen molar-refractivity contribution in [1.82, 2.24) is 10.6 Å². The molecule has 1 aromatic rings. The fraction of sp³-hybridized carbons (Fsp3) is 0.562. The first kappa shape index (κ1) is 14.8. The van der Waals surface area contributed by atoms with Gasteiger partial charge in [0.25, 0.3) is 5.91 Å². The van der Waals surface area contributed by atoms with Gasteiger partial charge in [-0.2, -0.15) is 0 Å². The molecule has 1 aliphatic carbocycles. The summed E-state index contributed by atoms with van der Waals surface area (Å²) in [5.74, 6) is 1.13. The molecule has 2 fully saturated rings. The van der Waals surface area contributed by atoms with Gasteiger partial charge in [0.2, 0.25) is 0 Å². The molecule has 0 spiro atoms. The van der Waals surface area contributed by atoms with Crippen molar-refractivity contribution in [2.24, 2.45) is 11.8 Å². The van der Waals surface area contributed by atoms with Crippen LogP contribution in [0, 0.1) is 11.8 Å². The average Bonchev–Trinajstić information content (AvgIpc) is 3.23. The van der Waals surface area contributed by atoms with Gasteiger partial charge in [0, 0.05) is 18.1 Å². The van der Waals surface area contributed by atoms with Gasteiger partial charge in [-0.15, -0.1) is 0 Å². The second kappa shape index (κ2) is 6.34. The first-order valence-electron chi connectivity index (χ1n) is 7.53. The number of carbonyl (C=O) groups excluding carboxylic acids is 1. The molecular formula is C16H21ClN2O2. The quantitative estimate of drug-likeness (QED) is 0.896. The van der Waals surface area contributed by atoms with E-state index in [9.17, 15) is 4.79 Å². The van der Waals surface area contributed by atoms with E-state index >= 15 is 0 Å². The van der Waals surface area contributed by atoms with Crippen LogP contribution in [0.4, 0.5) is 0 Å². The van der Waals surface area contributed by atoms with Crippen molar-refractivity contribution < 1.29 is 9.53 Å². The summed E-state index contributed by atoms with van der Waals surface area (Å²) in [4.78, 5) is 12.4. The lowest BCUT2D eigenvalue weighted by molar-refractivity contribution is -0.135. The predicted octanol–water partition coefficient (Wildman–Crippen LogP) is 2.14. The third-order valence-electron chi connectivity index (χ3n) is 4.35. The Kier molecular flexibility index (Phi) is 4.48. The van der Waals surface area contributed by atoms with Crippen molar-refractivity contribution in [2.75, 3.05) is 19.7 Å². The van der Waals surface area contributed by atoms with E-state index in [0.29, 0.717) is 30.0 Å². The molecule has 1 amide bonds. The van der Waals surface area contributed by atoms with E-state index in [2.05, 4.69) is 17.6 Å². The maximum absolute atomic E-state index is 12.4. The van der Waals surface area contributed by atoms with Crippen molar-refractivity contribution in [2.45, 2.75) is 25.5 Å². The Balaban J connectivity index is 1.70. The van der Waals surface area contributed by atoms with Gasteiger partial charge in [-0.1, -0.05) is 30.7 Å². The SMILES string of the molecule is CC1CC1C(NC(=O)C1CNCCO1)c1ccc(Cl)cc1. The lowest BCUT2D eigenvalue weighted by Crippen LogP contribution is -2.48. The zero-order valence-corrected chi connectivity index (χ0v) is 12.9. The van der Waals surface area contributed by atoms with Gasteiger partial charge in [0.05, 0.1) is 12.6 Å². The summed E-state index contributed by atoms with van der Waals surface area (Å²) in [7, 11) is 0. The standard InChI is InChI=1S/C16H21ClN2O2/c1-10-8-13(10)15(11-2-4-12(17)5-3-11)19-16(20)14-9-18-6-7-21-14/h2-5,10,13-15,18H,6-9H2,1H3,(H,19,20). The first-order valence-corrected chi connectivity index (χ1v) is 7.91. The third kappa shape index (κ3) is 3.57. The van der Waals surface area contributed by atoms with Crippen molar-refractivity contribution in [3.63, 3.8) is 0 Å². The number of benzene rings is 1. The molecule has 3 rings (SSSR count). The van der Waals surface area contributed by atoms with Crippen LogP contribution in [0.15, 0.2) is 24.3 Å². The predicted molar refractivity (Wildman–Crippen MR) is 82.2 cm³/mol. The molecule has 1 heterocycles. The van der Waals surface area contributed by atoms with Crippen LogP contribution in [0.25, 0.3) is 0 Å². The molecule has 2 aliphatic rings. The van der Waals surface area contributed by atoms with Gasteiger partial charge in [-0.05, 0) is 36.0 Å². The van der Waals surface area contributed by atoms with Crippen LogP contribution in [0.3, 0.4) is 0 Å². The Morgan fingerprint density at radius 2 is 2.14 bits per heavy atom. The number of rotatable bonds is 4. The molecule has 4 nitrogen and oxygen atoms in total. The first-order chi connectivity index (χ1) is 10.1. The zero-order valence-electron chi connectivity index (χ0n) is 12.1. The number of hydrogen-bond donors (Lipinski definition) is 2. The van der Waals surface area contributed by atoms with E-state index in [4.69, 9.17) is 16.3 Å². The molecule has 1 aliphatic heterocycles. The number of ether oxygens (including phenoxy) is 1. The Hall–Kier alpha value is -1.10. The van der Waals surface area contributed by atoms with E-state index in [-0.39, 0.29) is 18.1 Å². The smallest absolute Gasteiger partial charge is 0.250 e. The number of hydrogen-bond acceptors (Lipinski definition) is 3. The Morgan fingerprint density at radius 3 is 2.71 bits per heavy atom. The second-order valence-corrected chi connectivity index (χ2v) is 6.41. The van der Waals surface area contributed by atoms with Crippen molar-refractivity contribution in [1.29, 1.82) is 0 Å². The fourth-order valence-corrected chi connectivity index (χ4v) is 3.03. The molecule has 0 aromatic heterocycles. The Bertz CT molecular complexity index is 500. The molecule has 0 radical (unpaired) electrons. The summed E-state index contributed by atoms with van der Waals surface area (Å²) in [6, 6.07) is 7.80. The molecular weight excluding hydrogens is 288 g/mol. The van der Waals surface area contributed by atoms with Gasteiger partial charge in [-0.3, -0.25) is 4.79 Å². The highest BCUT2D eigenvalue weighted by molar-refractivity contribution is 6.30. The van der Waals surface area contributed by atoms with E-state index in [1.807, 2.05) is 24.3 Å². The Morgan fingerprint density at radius 1 is 1.43 bits per heavy atom. The van der Waals surface area contributed by atoms with E-state index in [0.717, 1.165) is 18.5 Å². The highest BCUT2D eigenvalue weighted by atomic mass is 35.5. The summed E-state index contributed by atoms with van der Waals surface area (Å²) in [6.07, 6.45) is 0.764. The minimum Gasteiger partial charge on any atom is -0.366 e. The minimum atomic E-state index is -0.386. The third-order valence-corrected chi connectivity index (χ3v) is 4.60. The zero-order chi connectivity index (χ0) is 14.8. The van der Waals surface area contributed by atoms with Gasteiger partial charge in [0.15, 0.2) is 0 Å². The summed E-state index contributed by atoms with van der Waals surface area (Å²) in [5, 5.41) is 7.07. The summed E-state index contributed by atoms with van der Waals surface area (Å²) in [5.41, 5.74) is 1.12. The van der Waals surface area contributed by atoms with Crippen molar-refractivity contribution >= 4 is 17.5 Å². The van der Waals surface area contributed by atoms with E-state index in [1.54, 1.807) is 0 Å². The lowest BCUT2D eigenvalue weighted by atomic mass is 10.0. The molecule has 21 heavy (non-hydrogen) atoms. The maximum atomic E-state index is 12.4. The van der Waals surface area contributed by atoms with Crippen molar-refractivity contribution in [3.8, 4) is 0 Å². The normalized spacial score (nSPS) is 29.7. The summed E-state index contributed by atoms with van der Waals surface area (Å²) in [6.45, 7) is 4.20. The van der Waals surface area contributed by atoms with Crippen LogP contribution < -0.4 is 10.6 Å². The van der Waals surface area contributed by atoms with Gasteiger partial charge in [-0.25, -0.2) is 0 Å². The largest absolute Gasteiger partial charge is 0.366 e. The van der Waals surface area contributed by atoms with Gasteiger partial charge in [0.1, 0.15) is 6.10 Å². The number of halogens is 1. The molecule has 4 atom stereocenters. The molecule has 2 N–H and O–H groups in total. The van der Waals surface area contributed by atoms with Crippen molar-refractivity contribution in [3.05, 3.63) is 34.9 Å². The minimum absolute atomic E-state index is 0.0266. The second-order valence-electron chi connectivity index (χ2n) is 5.98. The molecule has 1 saturated heterocycles.